The molecule has 0 aliphatic carbocycles. The molecule has 11 aromatic rings. The van der Waals surface area contributed by atoms with E-state index in [-0.39, 0.29) is 0 Å². The first kappa shape index (κ1) is 28.1. The summed E-state index contributed by atoms with van der Waals surface area (Å²) in [6.45, 7) is 0. The van der Waals surface area contributed by atoms with Crippen LogP contribution in [-0.4, -0.2) is 0 Å². The summed E-state index contributed by atoms with van der Waals surface area (Å²) in [5.41, 5.74) is 7.48. The third-order valence-electron chi connectivity index (χ3n) is 10.4. The van der Waals surface area contributed by atoms with Crippen molar-refractivity contribution in [3.05, 3.63) is 170 Å². The molecule has 0 N–H and O–H groups in total. The van der Waals surface area contributed by atoms with Crippen LogP contribution in [0.2, 0.25) is 0 Å². The lowest BCUT2D eigenvalue weighted by molar-refractivity contribution is 1.63. The van der Waals surface area contributed by atoms with Crippen molar-refractivity contribution in [3.63, 3.8) is 0 Å². The first-order valence-corrected chi connectivity index (χ1v) is 18.7. The average Bonchev–Trinajstić information content (AvgIpc) is 3.70. The summed E-state index contributed by atoms with van der Waals surface area (Å²) in [6, 6.07) is 63.1. The maximum absolute atomic E-state index is 2.42. The zero-order valence-electron chi connectivity index (χ0n) is 27.0. The van der Waals surface area contributed by atoms with Crippen LogP contribution in [0.3, 0.4) is 0 Å². The van der Waals surface area contributed by atoms with Gasteiger partial charge in [0.25, 0.3) is 0 Å². The van der Waals surface area contributed by atoms with Crippen molar-refractivity contribution in [2.75, 3.05) is 0 Å². The lowest BCUT2D eigenvalue weighted by Crippen LogP contribution is -1.84. The summed E-state index contributed by atoms with van der Waals surface area (Å²) in [6.07, 6.45) is 0. The smallest absolute Gasteiger partial charge is 0.0542 e. The largest absolute Gasteiger partial charge is 0.134 e. The van der Waals surface area contributed by atoms with E-state index in [0.29, 0.717) is 0 Å². The molecule has 232 valence electrons. The van der Waals surface area contributed by atoms with Crippen LogP contribution in [0.1, 0.15) is 0 Å². The molecule has 0 saturated carbocycles. The summed E-state index contributed by atoms with van der Waals surface area (Å²) < 4.78 is 5.56. The summed E-state index contributed by atoms with van der Waals surface area (Å²) in [7, 11) is 0. The third kappa shape index (κ3) is 4.50. The van der Waals surface area contributed by atoms with Gasteiger partial charge in [-0.05, 0) is 131 Å². The molecule has 11 rings (SSSR count). The van der Waals surface area contributed by atoms with E-state index in [4.69, 9.17) is 0 Å². The molecule has 0 aliphatic heterocycles. The Morgan fingerprint density at radius 2 is 0.580 bits per heavy atom. The average molecular weight is 669 g/mol. The van der Waals surface area contributed by atoms with Gasteiger partial charge >= 0.3 is 0 Å². The zero-order chi connectivity index (χ0) is 32.8. The van der Waals surface area contributed by atoms with Crippen molar-refractivity contribution in [1.29, 1.82) is 0 Å². The van der Waals surface area contributed by atoms with Crippen LogP contribution in [0.15, 0.2) is 170 Å². The van der Waals surface area contributed by atoms with Crippen molar-refractivity contribution >= 4 is 95.3 Å². The molecule has 50 heavy (non-hydrogen) atoms. The summed E-state index contributed by atoms with van der Waals surface area (Å²) >= 11 is 3.87. The lowest BCUT2D eigenvalue weighted by atomic mass is 9.95. The fourth-order valence-corrected chi connectivity index (χ4v) is 10.4. The summed E-state index contributed by atoms with van der Waals surface area (Å²) in [4.78, 5) is 0. The Labute approximate surface area is 297 Å². The molecule has 0 aliphatic rings. The quantitative estimate of drug-likeness (QED) is 0.176. The van der Waals surface area contributed by atoms with E-state index in [1.54, 1.807) is 0 Å². The summed E-state index contributed by atoms with van der Waals surface area (Å²) in [5.74, 6) is 0. The van der Waals surface area contributed by atoms with E-state index >= 15 is 0 Å². The Morgan fingerprint density at radius 3 is 1.06 bits per heavy atom. The topological polar surface area (TPSA) is 0 Å². The van der Waals surface area contributed by atoms with E-state index in [1.165, 1.54) is 106 Å². The van der Waals surface area contributed by atoms with E-state index in [9.17, 15) is 0 Å². The fraction of sp³-hybridized carbons (Fsp3) is 0. The van der Waals surface area contributed by atoms with Gasteiger partial charge in [-0.1, -0.05) is 115 Å². The number of benzene rings is 9. The van der Waals surface area contributed by atoms with E-state index in [0.717, 1.165) is 0 Å². The summed E-state index contributed by atoms with van der Waals surface area (Å²) in [5, 5.41) is 13.0. The lowest BCUT2D eigenvalue weighted by Gasteiger charge is -2.10. The number of hydrogen-bond donors (Lipinski definition) is 0. The maximum Gasteiger partial charge on any atom is 0.0542 e. The van der Waals surface area contributed by atoms with Gasteiger partial charge < -0.3 is 0 Å². The van der Waals surface area contributed by atoms with Gasteiger partial charge in [-0.15, -0.1) is 22.7 Å². The second-order valence-electron chi connectivity index (χ2n) is 13.4. The molecule has 9 aromatic carbocycles. The van der Waals surface area contributed by atoms with E-state index in [1.807, 2.05) is 22.7 Å². The highest BCUT2D eigenvalue weighted by atomic mass is 32.1. The van der Waals surface area contributed by atoms with Gasteiger partial charge in [0.2, 0.25) is 0 Å². The van der Waals surface area contributed by atoms with Gasteiger partial charge in [0.1, 0.15) is 0 Å². The van der Waals surface area contributed by atoms with Crippen molar-refractivity contribution in [2.24, 2.45) is 0 Å². The fourth-order valence-electron chi connectivity index (χ4n) is 7.71. The van der Waals surface area contributed by atoms with Gasteiger partial charge in [-0.3, -0.25) is 0 Å². The molecule has 0 atom stereocenters. The molecular weight excluding hydrogens is 641 g/mol. The maximum atomic E-state index is 2.42. The molecule has 0 fully saturated rings. The standard InChI is InChI=1S/C48H28S2/c1-2-6-29(7-3-1)32-10-11-34-21-35(13-12-33(34)20-32)36-14-15-38-23-39(17-16-37(38)22-36)40-18-19-41-28-46-44(26-42(41)24-40)48-47(50-46)43-25-30-8-4-5-9-31(30)27-45(43)49-48/h1-28H. The van der Waals surface area contributed by atoms with Crippen molar-refractivity contribution in [1.82, 2.24) is 0 Å². The first-order valence-electron chi connectivity index (χ1n) is 17.1. The molecule has 2 aromatic heterocycles. The monoisotopic (exact) mass is 668 g/mol. The van der Waals surface area contributed by atoms with Gasteiger partial charge in [-0.2, -0.15) is 0 Å². The van der Waals surface area contributed by atoms with Crippen LogP contribution >= 0.6 is 22.7 Å². The highest BCUT2D eigenvalue weighted by molar-refractivity contribution is 7.36. The molecular formula is C48H28S2. The molecule has 2 heterocycles. The van der Waals surface area contributed by atoms with Gasteiger partial charge in [-0.25, -0.2) is 0 Å². The van der Waals surface area contributed by atoms with E-state index < -0.39 is 0 Å². The molecule has 0 saturated heterocycles. The molecule has 0 amide bonds. The second kappa shape index (κ2) is 10.9. The predicted octanol–water partition coefficient (Wildman–Crippen LogP) is 14.9. The zero-order valence-corrected chi connectivity index (χ0v) is 28.6. The van der Waals surface area contributed by atoms with Gasteiger partial charge in [0, 0.05) is 20.2 Å². The molecule has 0 nitrogen and oxygen atoms in total. The number of hydrogen-bond acceptors (Lipinski definition) is 2. The highest BCUT2D eigenvalue weighted by Crippen LogP contribution is 2.46. The van der Waals surface area contributed by atoms with Gasteiger partial charge in [0.05, 0.1) is 9.40 Å². The first-order chi connectivity index (χ1) is 24.7. The van der Waals surface area contributed by atoms with Crippen molar-refractivity contribution in [2.45, 2.75) is 0 Å². The van der Waals surface area contributed by atoms with E-state index in [2.05, 4.69) is 170 Å². The Kier molecular flexibility index (Phi) is 6.09. The Bertz CT molecular complexity index is 3140. The minimum Gasteiger partial charge on any atom is -0.134 e. The van der Waals surface area contributed by atoms with Gasteiger partial charge in [0.15, 0.2) is 0 Å². The van der Waals surface area contributed by atoms with Crippen LogP contribution in [0.4, 0.5) is 0 Å². The minimum absolute atomic E-state index is 1.24. The second-order valence-corrected chi connectivity index (χ2v) is 15.5. The normalized spacial score (nSPS) is 12.0. The number of thiophene rings is 2. The van der Waals surface area contributed by atoms with Crippen LogP contribution < -0.4 is 0 Å². The SMILES string of the molecule is c1ccc(-c2ccc3cc(-c4ccc5cc(-c6ccc7cc8sc9c%10cc%11ccccc%11cc%10sc9c8cc7c6)ccc5c4)ccc3c2)cc1. The molecule has 0 spiro atoms. The molecule has 0 unspecified atom stereocenters. The Balaban J connectivity index is 0.940. The van der Waals surface area contributed by atoms with Crippen molar-refractivity contribution < 1.29 is 0 Å². The molecule has 0 radical (unpaired) electrons. The number of rotatable bonds is 3. The predicted molar refractivity (Wildman–Crippen MR) is 221 cm³/mol. The van der Waals surface area contributed by atoms with Crippen LogP contribution in [0.25, 0.3) is 106 Å². The Hall–Kier alpha value is -5.80. The third-order valence-corrected chi connectivity index (χ3v) is 12.9. The van der Waals surface area contributed by atoms with Crippen LogP contribution in [-0.2, 0) is 0 Å². The number of fused-ring (bicyclic) bond motifs is 9. The molecule has 0 bridgehead atoms. The highest BCUT2D eigenvalue weighted by Gasteiger charge is 2.14. The molecule has 2 heteroatoms. The Morgan fingerprint density at radius 1 is 0.240 bits per heavy atom. The van der Waals surface area contributed by atoms with Crippen LogP contribution in [0, 0.1) is 0 Å². The minimum atomic E-state index is 1.24. The van der Waals surface area contributed by atoms with Crippen LogP contribution in [0.5, 0.6) is 0 Å². The van der Waals surface area contributed by atoms with Crippen molar-refractivity contribution in [3.8, 4) is 33.4 Å².